The van der Waals surface area contributed by atoms with Crippen LogP contribution in [0.25, 0.3) is 10.9 Å². The molecule has 0 aliphatic rings. The van der Waals surface area contributed by atoms with E-state index >= 15 is 0 Å². The van der Waals surface area contributed by atoms with Crippen LogP contribution in [0.15, 0.2) is 42.5 Å². The number of nitrogens with one attached hydrogen (secondary N) is 2. The Kier molecular flexibility index (Phi) is 5.79. The molecule has 0 saturated heterocycles. The minimum absolute atomic E-state index is 0.163. The monoisotopic (exact) mass is 367 g/mol. The Bertz CT molecular complexity index is 927. The third-order valence-electron chi connectivity index (χ3n) is 5.01. The molecular formula is C22H26FN3O. The number of aromatic amines is 1. The fourth-order valence-electron chi connectivity index (χ4n) is 3.40. The number of carbonyl (C=O) groups is 1. The predicted octanol–water partition coefficient (Wildman–Crippen LogP) is 4.43. The Morgan fingerprint density at radius 3 is 2.48 bits per heavy atom. The smallest absolute Gasteiger partial charge is 0.268 e. The first-order chi connectivity index (χ1) is 13.0. The Morgan fingerprint density at radius 1 is 1.11 bits per heavy atom. The molecule has 0 aliphatic heterocycles. The highest BCUT2D eigenvalue weighted by Gasteiger charge is 2.14. The number of hydrogen-bond donors (Lipinski definition) is 2. The van der Waals surface area contributed by atoms with Crippen molar-refractivity contribution in [1.29, 1.82) is 0 Å². The van der Waals surface area contributed by atoms with Gasteiger partial charge in [-0.3, -0.25) is 4.79 Å². The molecule has 0 fully saturated rings. The van der Waals surface area contributed by atoms with E-state index in [2.05, 4.69) is 53.3 Å². The summed E-state index contributed by atoms with van der Waals surface area (Å²) in [5.74, 6) is -0.464. The van der Waals surface area contributed by atoms with Crippen LogP contribution in [0.3, 0.4) is 0 Å². The van der Waals surface area contributed by atoms with E-state index in [0.717, 1.165) is 36.0 Å². The maximum Gasteiger partial charge on any atom is 0.268 e. The van der Waals surface area contributed by atoms with Crippen LogP contribution in [-0.2, 0) is 6.42 Å². The molecule has 1 amide bonds. The van der Waals surface area contributed by atoms with Gasteiger partial charge in [0.15, 0.2) is 0 Å². The van der Waals surface area contributed by atoms with Crippen LogP contribution in [0.5, 0.6) is 0 Å². The van der Waals surface area contributed by atoms with E-state index in [0.29, 0.717) is 12.2 Å². The van der Waals surface area contributed by atoms with E-state index in [1.807, 2.05) is 6.92 Å². The summed E-state index contributed by atoms with van der Waals surface area (Å²) in [6, 6.07) is 13.0. The second kappa shape index (κ2) is 8.25. The molecule has 1 aromatic heterocycles. The Hall–Kier alpha value is -2.82. The largest absolute Gasteiger partial charge is 0.372 e. The summed E-state index contributed by atoms with van der Waals surface area (Å²) in [5.41, 5.74) is 4.43. The van der Waals surface area contributed by atoms with Crippen molar-refractivity contribution >= 4 is 22.5 Å². The lowest BCUT2D eigenvalue weighted by molar-refractivity contribution is 0.0949. The molecular weight excluding hydrogens is 341 g/mol. The highest BCUT2D eigenvalue weighted by atomic mass is 19.1. The van der Waals surface area contributed by atoms with E-state index in [1.54, 1.807) is 6.07 Å². The highest BCUT2D eigenvalue weighted by Crippen LogP contribution is 2.22. The number of aromatic nitrogens is 1. The number of hydrogen-bond acceptors (Lipinski definition) is 2. The number of anilines is 1. The number of aryl methyl sites for hydroxylation is 1. The topological polar surface area (TPSA) is 48.1 Å². The van der Waals surface area contributed by atoms with Gasteiger partial charge in [0, 0.05) is 36.2 Å². The number of nitrogens with zero attached hydrogens (tertiary/aromatic N) is 1. The van der Waals surface area contributed by atoms with E-state index in [9.17, 15) is 9.18 Å². The van der Waals surface area contributed by atoms with E-state index in [4.69, 9.17) is 0 Å². The number of carbonyl (C=O) groups excluding carboxylic acids is 1. The lowest BCUT2D eigenvalue weighted by Gasteiger charge is -2.21. The lowest BCUT2D eigenvalue weighted by Crippen LogP contribution is -2.26. The molecule has 4 nitrogen and oxygen atoms in total. The summed E-state index contributed by atoms with van der Waals surface area (Å²) in [5, 5.41) is 3.69. The Labute approximate surface area is 159 Å². The van der Waals surface area contributed by atoms with Gasteiger partial charge in [-0.1, -0.05) is 12.1 Å². The average Bonchev–Trinajstić information content (AvgIpc) is 3.00. The maximum atomic E-state index is 13.4. The first kappa shape index (κ1) is 19.0. The number of benzene rings is 2. The van der Waals surface area contributed by atoms with Gasteiger partial charge >= 0.3 is 0 Å². The molecule has 0 bridgehead atoms. The Morgan fingerprint density at radius 2 is 1.81 bits per heavy atom. The average molecular weight is 367 g/mol. The molecule has 0 aliphatic carbocycles. The normalized spacial score (nSPS) is 11.0. The van der Waals surface area contributed by atoms with Gasteiger partial charge < -0.3 is 15.2 Å². The highest BCUT2D eigenvalue weighted by molar-refractivity contribution is 6.00. The molecule has 0 unspecified atom stereocenters. The van der Waals surface area contributed by atoms with Crippen LogP contribution in [-0.4, -0.2) is 30.5 Å². The molecule has 0 saturated carbocycles. The number of H-pyrrole nitrogens is 1. The molecule has 3 rings (SSSR count). The standard InChI is InChI=1S/C22H26FN3O/c1-4-26(5-2)18-9-6-16(7-10-18)12-13-24-22(27)21-15(3)19-14-17(23)8-11-20(19)25-21/h6-11,14,25H,4-5,12-13H2,1-3H3,(H,24,27). The van der Waals surface area contributed by atoms with Gasteiger partial charge in [0.05, 0.1) is 0 Å². The fraction of sp³-hybridized carbons (Fsp3) is 0.318. The molecule has 0 atom stereocenters. The minimum Gasteiger partial charge on any atom is -0.372 e. The zero-order valence-electron chi connectivity index (χ0n) is 16.1. The molecule has 2 N–H and O–H groups in total. The molecule has 5 heteroatoms. The second-order valence-electron chi connectivity index (χ2n) is 6.66. The third-order valence-corrected chi connectivity index (χ3v) is 5.01. The maximum absolute atomic E-state index is 13.4. The summed E-state index contributed by atoms with van der Waals surface area (Å²) in [6.07, 6.45) is 0.762. The first-order valence-electron chi connectivity index (χ1n) is 9.43. The van der Waals surface area contributed by atoms with Crippen molar-refractivity contribution in [2.75, 3.05) is 24.5 Å². The van der Waals surface area contributed by atoms with Crippen molar-refractivity contribution < 1.29 is 9.18 Å². The molecule has 3 aromatic rings. The predicted molar refractivity (Wildman–Crippen MR) is 109 cm³/mol. The fourth-order valence-corrected chi connectivity index (χ4v) is 3.40. The Balaban J connectivity index is 1.61. The molecule has 0 radical (unpaired) electrons. The van der Waals surface area contributed by atoms with Crippen LogP contribution < -0.4 is 10.2 Å². The van der Waals surface area contributed by atoms with Crippen LogP contribution in [0.4, 0.5) is 10.1 Å². The molecule has 27 heavy (non-hydrogen) atoms. The first-order valence-corrected chi connectivity index (χ1v) is 9.43. The molecule has 0 spiro atoms. The van der Waals surface area contributed by atoms with E-state index < -0.39 is 0 Å². The SMILES string of the molecule is CCN(CC)c1ccc(CCNC(=O)c2[nH]c3ccc(F)cc3c2C)cc1. The molecule has 1 heterocycles. The van der Waals surface area contributed by atoms with Crippen molar-refractivity contribution in [3.8, 4) is 0 Å². The van der Waals surface area contributed by atoms with Crippen molar-refractivity contribution in [2.24, 2.45) is 0 Å². The molecule has 142 valence electrons. The van der Waals surface area contributed by atoms with Crippen LogP contribution >= 0.6 is 0 Å². The zero-order chi connectivity index (χ0) is 19.4. The van der Waals surface area contributed by atoms with Crippen LogP contribution in [0, 0.1) is 12.7 Å². The summed E-state index contributed by atoms with van der Waals surface area (Å²) < 4.78 is 13.4. The molecule has 2 aromatic carbocycles. The van der Waals surface area contributed by atoms with Crippen molar-refractivity contribution in [1.82, 2.24) is 10.3 Å². The van der Waals surface area contributed by atoms with Gasteiger partial charge in [-0.25, -0.2) is 4.39 Å². The van der Waals surface area contributed by atoms with Gasteiger partial charge in [0.2, 0.25) is 0 Å². The van der Waals surface area contributed by atoms with Crippen molar-refractivity contribution in [2.45, 2.75) is 27.2 Å². The summed E-state index contributed by atoms with van der Waals surface area (Å²) in [6.45, 7) is 8.64. The third kappa shape index (κ3) is 4.13. The number of rotatable bonds is 7. The van der Waals surface area contributed by atoms with E-state index in [-0.39, 0.29) is 11.7 Å². The zero-order valence-corrected chi connectivity index (χ0v) is 16.1. The van der Waals surface area contributed by atoms with Gasteiger partial charge in [0.1, 0.15) is 11.5 Å². The minimum atomic E-state index is -0.301. The van der Waals surface area contributed by atoms with Crippen molar-refractivity contribution in [3.63, 3.8) is 0 Å². The van der Waals surface area contributed by atoms with Gasteiger partial charge in [-0.15, -0.1) is 0 Å². The van der Waals surface area contributed by atoms with E-state index in [1.165, 1.54) is 23.4 Å². The number of amides is 1. The van der Waals surface area contributed by atoms with Crippen LogP contribution in [0.2, 0.25) is 0 Å². The van der Waals surface area contributed by atoms with Gasteiger partial charge in [-0.05, 0) is 68.7 Å². The van der Waals surface area contributed by atoms with Gasteiger partial charge in [-0.2, -0.15) is 0 Å². The summed E-state index contributed by atoms with van der Waals surface area (Å²) >= 11 is 0. The summed E-state index contributed by atoms with van der Waals surface area (Å²) in [4.78, 5) is 17.9. The van der Waals surface area contributed by atoms with Crippen molar-refractivity contribution in [3.05, 3.63) is 65.1 Å². The number of halogens is 1. The lowest BCUT2D eigenvalue weighted by atomic mass is 10.1. The number of fused-ring (bicyclic) bond motifs is 1. The van der Waals surface area contributed by atoms with Crippen LogP contribution in [0.1, 0.15) is 35.5 Å². The summed E-state index contributed by atoms with van der Waals surface area (Å²) in [7, 11) is 0. The van der Waals surface area contributed by atoms with Gasteiger partial charge in [0.25, 0.3) is 5.91 Å². The quantitative estimate of drug-likeness (QED) is 0.649. The second-order valence-corrected chi connectivity index (χ2v) is 6.66.